The van der Waals surface area contributed by atoms with Crippen LogP contribution in [0.4, 0.5) is 0 Å². The Morgan fingerprint density at radius 3 is 2.27 bits per heavy atom. The molecule has 0 aliphatic rings. The summed E-state index contributed by atoms with van der Waals surface area (Å²) in [5.41, 5.74) is 5.77. The third kappa shape index (κ3) is 10.1. The highest BCUT2D eigenvalue weighted by atomic mass is 79.9. The number of amides is 2. The molecular formula is C22H25BrN2O5. The van der Waals surface area contributed by atoms with Crippen molar-refractivity contribution in [3.05, 3.63) is 64.6 Å². The Morgan fingerprint density at radius 2 is 1.53 bits per heavy atom. The van der Waals surface area contributed by atoms with Crippen LogP contribution in [-0.2, 0) is 25.5 Å². The Morgan fingerprint density at radius 1 is 0.833 bits per heavy atom. The molecule has 0 bridgehead atoms. The number of carbonyl (C=O) groups is 3. The number of hydrazine groups is 1. The van der Waals surface area contributed by atoms with Crippen molar-refractivity contribution >= 4 is 33.7 Å². The molecule has 0 radical (unpaired) electrons. The number of esters is 1. The Balaban J connectivity index is 1.48. The SMILES string of the molecule is O=C(CCCC(=O)OCCCc1ccccc1)NNC(=O)COc1ccc(Br)cc1. The average molecular weight is 477 g/mol. The summed E-state index contributed by atoms with van der Waals surface area (Å²) >= 11 is 3.31. The second-order valence-electron chi connectivity index (χ2n) is 6.50. The summed E-state index contributed by atoms with van der Waals surface area (Å²) in [5, 5.41) is 0. The van der Waals surface area contributed by atoms with Crippen molar-refractivity contribution in [2.75, 3.05) is 13.2 Å². The van der Waals surface area contributed by atoms with Gasteiger partial charge in [0.25, 0.3) is 5.91 Å². The fourth-order valence-electron chi connectivity index (χ4n) is 2.49. The van der Waals surface area contributed by atoms with E-state index in [9.17, 15) is 14.4 Å². The average Bonchev–Trinajstić information content (AvgIpc) is 2.75. The number of halogens is 1. The van der Waals surface area contributed by atoms with Gasteiger partial charge in [0, 0.05) is 17.3 Å². The predicted molar refractivity (Wildman–Crippen MR) is 115 cm³/mol. The van der Waals surface area contributed by atoms with Gasteiger partial charge in [-0.3, -0.25) is 25.2 Å². The van der Waals surface area contributed by atoms with E-state index in [0.717, 1.165) is 17.3 Å². The lowest BCUT2D eigenvalue weighted by Gasteiger charge is -2.09. The zero-order chi connectivity index (χ0) is 21.6. The molecule has 0 aliphatic heterocycles. The minimum Gasteiger partial charge on any atom is -0.484 e. The largest absolute Gasteiger partial charge is 0.484 e. The van der Waals surface area contributed by atoms with Crippen LogP contribution in [0, 0.1) is 0 Å². The van der Waals surface area contributed by atoms with E-state index in [1.54, 1.807) is 24.3 Å². The van der Waals surface area contributed by atoms with Crippen LogP contribution in [0.15, 0.2) is 59.1 Å². The second-order valence-corrected chi connectivity index (χ2v) is 7.42. The second kappa shape index (κ2) is 13.4. The van der Waals surface area contributed by atoms with Gasteiger partial charge in [-0.15, -0.1) is 0 Å². The molecule has 7 nitrogen and oxygen atoms in total. The summed E-state index contributed by atoms with van der Waals surface area (Å²) in [7, 11) is 0. The summed E-state index contributed by atoms with van der Waals surface area (Å²) in [6.07, 6.45) is 2.20. The van der Waals surface area contributed by atoms with E-state index in [1.807, 2.05) is 30.3 Å². The third-order valence-electron chi connectivity index (χ3n) is 4.03. The van der Waals surface area contributed by atoms with Crippen molar-refractivity contribution < 1.29 is 23.9 Å². The maximum absolute atomic E-state index is 11.7. The van der Waals surface area contributed by atoms with Gasteiger partial charge < -0.3 is 9.47 Å². The van der Waals surface area contributed by atoms with Crippen LogP contribution < -0.4 is 15.6 Å². The Bertz CT molecular complexity index is 812. The van der Waals surface area contributed by atoms with Crippen LogP contribution in [0.25, 0.3) is 0 Å². The molecule has 0 aromatic heterocycles. The van der Waals surface area contributed by atoms with Crippen molar-refractivity contribution in [2.45, 2.75) is 32.1 Å². The minimum atomic E-state index is -0.482. The normalized spacial score (nSPS) is 10.2. The molecule has 0 fully saturated rings. The molecule has 0 heterocycles. The lowest BCUT2D eigenvalue weighted by molar-refractivity contribution is -0.144. The van der Waals surface area contributed by atoms with Gasteiger partial charge in [0.05, 0.1) is 6.61 Å². The monoisotopic (exact) mass is 476 g/mol. The van der Waals surface area contributed by atoms with Crippen molar-refractivity contribution in [3.63, 3.8) is 0 Å². The first-order valence-electron chi connectivity index (χ1n) is 9.68. The van der Waals surface area contributed by atoms with Gasteiger partial charge in [0.2, 0.25) is 5.91 Å². The van der Waals surface area contributed by atoms with Gasteiger partial charge >= 0.3 is 5.97 Å². The molecule has 0 saturated heterocycles. The molecule has 2 aromatic carbocycles. The van der Waals surface area contributed by atoms with Crippen LogP contribution in [0.5, 0.6) is 5.75 Å². The Kier molecular flexibility index (Phi) is 10.4. The first-order chi connectivity index (χ1) is 14.5. The van der Waals surface area contributed by atoms with Gasteiger partial charge in [-0.25, -0.2) is 0 Å². The van der Waals surface area contributed by atoms with Crippen molar-refractivity contribution in [1.82, 2.24) is 10.9 Å². The van der Waals surface area contributed by atoms with Gasteiger partial charge in [0.1, 0.15) is 5.75 Å². The zero-order valence-electron chi connectivity index (χ0n) is 16.6. The third-order valence-corrected chi connectivity index (χ3v) is 4.55. The topological polar surface area (TPSA) is 93.7 Å². The standard InChI is InChI=1S/C22H25BrN2O5/c23-18-11-13-19(14-12-18)30-16-21(27)25-24-20(26)9-4-10-22(28)29-15-5-8-17-6-2-1-3-7-17/h1-3,6-7,11-14H,4-5,8-10,15-16H2,(H,24,26)(H,25,27). The number of hydrogen-bond acceptors (Lipinski definition) is 5. The highest BCUT2D eigenvalue weighted by Gasteiger charge is 2.08. The molecule has 2 aromatic rings. The molecule has 2 amide bonds. The molecule has 2 N–H and O–H groups in total. The van der Waals surface area contributed by atoms with Crippen LogP contribution in [-0.4, -0.2) is 31.0 Å². The number of aryl methyl sites for hydroxylation is 1. The van der Waals surface area contributed by atoms with E-state index in [2.05, 4.69) is 26.8 Å². The molecule has 8 heteroatoms. The van der Waals surface area contributed by atoms with Gasteiger partial charge in [-0.05, 0) is 49.1 Å². The van der Waals surface area contributed by atoms with Crippen LogP contribution >= 0.6 is 15.9 Å². The van der Waals surface area contributed by atoms with E-state index in [-0.39, 0.29) is 31.3 Å². The number of hydrogen-bond donors (Lipinski definition) is 2. The summed E-state index contributed by atoms with van der Waals surface area (Å²) in [4.78, 5) is 35.1. The fourth-order valence-corrected chi connectivity index (χ4v) is 2.75. The predicted octanol–water partition coefficient (Wildman–Crippen LogP) is 3.32. The molecule has 0 aliphatic carbocycles. The Hall–Kier alpha value is -2.87. The summed E-state index contributed by atoms with van der Waals surface area (Å²) < 4.78 is 11.4. The van der Waals surface area contributed by atoms with Gasteiger partial charge in [0.15, 0.2) is 6.61 Å². The van der Waals surface area contributed by atoms with E-state index in [4.69, 9.17) is 9.47 Å². The molecule has 30 heavy (non-hydrogen) atoms. The maximum Gasteiger partial charge on any atom is 0.305 e. The van der Waals surface area contributed by atoms with Gasteiger partial charge in [-0.1, -0.05) is 46.3 Å². The van der Waals surface area contributed by atoms with Gasteiger partial charge in [-0.2, -0.15) is 0 Å². The first-order valence-corrected chi connectivity index (χ1v) is 10.5. The van der Waals surface area contributed by atoms with Crippen molar-refractivity contribution in [2.24, 2.45) is 0 Å². The van der Waals surface area contributed by atoms with E-state index < -0.39 is 5.91 Å². The first kappa shape index (κ1) is 23.4. The molecule has 160 valence electrons. The highest BCUT2D eigenvalue weighted by molar-refractivity contribution is 9.10. The van der Waals surface area contributed by atoms with Crippen LogP contribution in [0.1, 0.15) is 31.2 Å². The summed E-state index contributed by atoms with van der Waals surface area (Å²) in [5.74, 6) is -0.655. The molecule has 0 atom stereocenters. The maximum atomic E-state index is 11.7. The summed E-state index contributed by atoms with van der Waals surface area (Å²) in [6, 6.07) is 17.0. The number of ether oxygens (including phenoxy) is 2. The lowest BCUT2D eigenvalue weighted by Crippen LogP contribution is -2.43. The molecule has 0 spiro atoms. The summed E-state index contributed by atoms with van der Waals surface area (Å²) in [6.45, 7) is 0.131. The van der Waals surface area contributed by atoms with Crippen molar-refractivity contribution in [1.29, 1.82) is 0 Å². The minimum absolute atomic E-state index is 0.104. The van der Waals surface area contributed by atoms with E-state index in [0.29, 0.717) is 18.8 Å². The number of carbonyl (C=O) groups excluding carboxylic acids is 3. The number of benzene rings is 2. The Labute approximate surface area is 184 Å². The lowest BCUT2D eigenvalue weighted by atomic mass is 10.1. The molecule has 0 unspecified atom stereocenters. The molecular weight excluding hydrogens is 452 g/mol. The van der Waals surface area contributed by atoms with Crippen molar-refractivity contribution in [3.8, 4) is 5.75 Å². The quantitative estimate of drug-likeness (QED) is 0.294. The fraction of sp³-hybridized carbons (Fsp3) is 0.318. The smallest absolute Gasteiger partial charge is 0.305 e. The number of nitrogens with one attached hydrogen (secondary N) is 2. The zero-order valence-corrected chi connectivity index (χ0v) is 18.2. The van der Waals surface area contributed by atoms with Crippen LogP contribution in [0.3, 0.4) is 0 Å². The number of rotatable bonds is 11. The van der Waals surface area contributed by atoms with E-state index >= 15 is 0 Å². The van der Waals surface area contributed by atoms with Crippen LogP contribution in [0.2, 0.25) is 0 Å². The highest BCUT2D eigenvalue weighted by Crippen LogP contribution is 2.15. The molecule has 0 saturated carbocycles. The molecule has 2 rings (SSSR count). The van der Waals surface area contributed by atoms with E-state index in [1.165, 1.54) is 5.56 Å².